The summed E-state index contributed by atoms with van der Waals surface area (Å²) in [5.41, 5.74) is 0.300. The molecule has 5 heteroatoms. The van der Waals surface area contributed by atoms with E-state index in [9.17, 15) is 5.11 Å². The summed E-state index contributed by atoms with van der Waals surface area (Å²) in [5, 5.41) is 11.9. The van der Waals surface area contributed by atoms with Crippen molar-refractivity contribution in [2.45, 2.75) is 56.8 Å². The second-order valence-electron chi connectivity index (χ2n) is 9.06. The Morgan fingerprint density at radius 1 is 0.964 bits per heavy atom. The van der Waals surface area contributed by atoms with Crippen molar-refractivity contribution in [2.24, 2.45) is 0 Å². The van der Waals surface area contributed by atoms with Crippen molar-refractivity contribution >= 4 is 0 Å². The molecule has 1 N–H and O–H groups in total. The Morgan fingerprint density at radius 3 is 2.29 bits per heavy atom. The molecule has 1 aromatic rings. The van der Waals surface area contributed by atoms with Crippen molar-refractivity contribution in [3.8, 4) is 0 Å². The SMILES string of the molecule is CC(C)N1CCC(N2CC[C@](O)(c3ccccc3)[C@H](N3CCOCC3)C2)CC1. The molecule has 0 saturated carbocycles. The largest absolute Gasteiger partial charge is 0.383 e. The number of nitrogens with zero attached hydrogens (tertiary/aromatic N) is 3. The summed E-state index contributed by atoms with van der Waals surface area (Å²) in [6, 6.07) is 11.8. The number of hydrogen-bond acceptors (Lipinski definition) is 5. The molecule has 5 nitrogen and oxygen atoms in total. The minimum absolute atomic E-state index is 0.135. The van der Waals surface area contributed by atoms with E-state index in [-0.39, 0.29) is 6.04 Å². The van der Waals surface area contributed by atoms with Crippen LogP contribution in [0.2, 0.25) is 0 Å². The van der Waals surface area contributed by atoms with Gasteiger partial charge in [-0.1, -0.05) is 30.3 Å². The smallest absolute Gasteiger partial charge is 0.108 e. The highest BCUT2D eigenvalue weighted by molar-refractivity contribution is 5.26. The van der Waals surface area contributed by atoms with Crippen LogP contribution in [0.4, 0.5) is 0 Å². The lowest BCUT2D eigenvalue weighted by molar-refractivity contribution is -0.126. The van der Waals surface area contributed by atoms with E-state index in [0.29, 0.717) is 12.1 Å². The van der Waals surface area contributed by atoms with Crippen molar-refractivity contribution < 1.29 is 9.84 Å². The average molecular weight is 388 g/mol. The number of hydrogen-bond donors (Lipinski definition) is 1. The number of benzene rings is 1. The first-order valence-electron chi connectivity index (χ1n) is 11.2. The summed E-state index contributed by atoms with van der Waals surface area (Å²) < 4.78 is 5.60. The van der Waals surface area contributed by atoms with Gasteiger partial charge in [-0.2, -0.15) is 0 Å². The highest BCUT2D eigenvalue weighted by Gasteiger charge is 2.47. The fourth-order valence-corrected chi connectivity index (χ4v) is 5.41. The summed E-state index contributed by atoms with van der Waals surface area (Å²) >= 11 is 0. The van der Waals surface area contributed by atoms with Crippen LogP contribution >= 0.6 is 0 Å². The molecule has 3 heterocycles. The number of ether oxygens (including phenoxy) is 1. The molecule has 0 aromatic heterocycles. The van der Waals surface area contributed by atoms with Gasteiger partial charge in [-0.05, 0) is 51.8 Å². The van der Waals surface area contributed by atoms with Gasteiger partial charge in [0, 0.05) is 38.3 Å². The highest BCUT2D eigenvalue weighted by atomic mass is 16.5. The Morgan fingerprint density at radius 2 is 1.64 bits per heavy atom. The third-order valence-corrected chi connectivity index (χ3v) is 7.24. The molecule has 3 aliphatic rings. The maximum atomic E-state index is 11.9. The van der Waals surface area contributed by atoms with E-state index in [0.717, 1.165) is 51.4 Å². The summed E-state index contributed by atoms with van der Waals surface area (Å²) in [7, 11) is 0. The van der Waals surface area contributed by atoms with Crippen molar-refractivity contribution in [1.29, 1.82) is 0 Å². The van der Waals surface area contributed by atoms with Crippen LogP contribution in [0, 0.1) is 0 Å². The van der Waals surface area contributed by atoms with Crippen LogP contribution in [0.1, 0.15) is 38.7 Å². The molecule has 3 aliphatic heterocycles. The average Bonchev–Trinajstić information content (AvgIpc) is 2.75. The standard InChI is InChI=1S/C23H37N3O2/c1-19(2)24-11-8-21(9-12-24)26-13-10-23(27,20-6-4-3-5-7-20)22(18-26)25-14-16-28-17-15-25/h3-7,19,21-22,27H,8-18H2,1-2H3/t22-,23+/m1/s1. The van der Waals surface area contributed by atoms with Gasteiger partial charge in [0.1, 0.15) is 5.60 Å². The van der Waals surface area contributed by atoms with E-state index in [1.807, 2.05) is 6.07 Å². The molecule has 28 heavy (non-hydrogen) atoms. The highest BCUT2D eigenvalue weighted by Crippen LogP contribution is 2.38. The normalized spacial score (nSPS) is 32.1. The molecule has 3 saturated heterocycles. The van der Waals surface area contributed by atoms with Gasteiger partial charge >= 0.3 is 0 Å². The minimum Gasteiger partial charge on any atom is -0.383 e. The molecular weight excluding hydrogens is 350 g/mol. The van der Waals surface area contributed by atoms with Gasteiger partial charge in [-0.3, -0.25) is 9.80 Å². The number of rotatable bonds is 4. The molecule has 0 spiro atoms. The molecular formula is C23H37N3O2. The molecule has 0 bridgehead atoms. The lowest BCUT2D eigenvalue weighted by Crippen LogP contribution is -2.64. The van der Waals surface area contributed by atoms with Crippen molar-refractivity contribution in [2.75, 3.05) is 52.5 Å². The topological polar surface area (TPSA) is 39.2 Å². The van der Waals surface area contributed by atoms with Gasteiger partial charge in [-0.15, -0.1) is 0 Å². The van der Waals surface area contributed by atoms with Crippen molar-refractivity contribution in [3.63, 3.8) is 0 Å². The fraction of sp³-hybridized carbons (Fsp3) is 0.739. The third kappa shape index (κ3) is 4.14. The molecule has 3 fully saturated rings. The molecule has 2 atom stereocenters. The quantitative estimate of drug-likeness (QED) is 0.857. The van der Waals surface area contributed by atoms with Gasteiger partial charge in [0.15, 0.2) is 0 Å². The Kier molecular flexibility index (Phi) is 6.38. The second kappa shape index (κ2) is 8.80. The first-order valence-corrected chi connectivity index (χ1v) is 11.2. The molecule has 0 unspecified atom stereocenters. The molecule has 0 aliphatic carbocycles. The summed E-state index contributed by atoms with van der Waals surface area (Å²) in [5.74, 6) is 0. The van der Waals surface area contributed by atoms with Crippen LogP contribution in [0.25, 0.3) is 0 Å². The third-order valence-electron chi connectivity index (χ3n) is 7.24. The van der Waals surface area contributed by atoms with Crippen LogP contribution in [0.5, 0.6) is 0 Å². The van der Waals surface area contributed by atoms with E-state index in [4.69, 9.17) is 4.74 Å². The first-order chi connectivity index (χ1) is 13.6. The molecule has 4 rings (SSSR count). The van der Waals surface area contributed by atoms with Crippen LogP contribution in [-0.2, 0) is 10.3 Å². The minimum atomic E-state index is -0.770. The number of aliphatic hydroxyl groups is 1. The lowest BCUT2D eigenvalue weighted by atomic mass is 9.78. The Labute approximate surface area is 170 Å². The van der Waals surface area contributed by atoms with E-state index < -0.39 is 5.60 Å². The zero-order valence-corrected chi connectivity index (χ0v) is 17.6. The van der Waals surface area contributed by atoms with E-state index in [1.54, 1.807) is 0 Å². The summed E-state index contributed by atoms with van der Waals surface area (Å²) in [6.45, 7) is 12.3. The van der Waals surface area contributed by atoms with E-state index in [2.05, 4.69) is 52.8 Å². The molecule has 0 amide bonds. The summed E-state index contributed by atoms with van der Waals surface area (Å²) in [4.78, 5) is 7.75. The zero-order chi connectivity index (χ0) is 19.6. The van der Waals surface area contributed by atoms with Gasteiger partial charge in [-0.25, -0.2) is 0 Å². The van der Waals surface area contributed by atoms with Crippen LogP contribution in [-0.4, -0.2) is 90.4 Å². The monoisotopic (exact) mass is 387 g/mol. The van der Waals surface area contributed by atoms with Crippen molar-refractivity contribution in [3.05, 3.63) is 35.9 Å². The Bertz CT molecular complexity index is 612. The van der Waals surface area contributed by atoms with Gasteiger partial charge in [0.25, 0.3) is 0 Å². The zero-order valence-electron chi connectivity index (χ0n) is 17.6. The number of likely N-dealkylation sites (tertiary alicyclic amines) is 2. The van der Waals surface area contributed by atoms with Gasteiger partial charge < -0.3 is 14.7 Å². The lowest BCUT2D eigenvalue weighted by Gasteiger charge is -2.52. The maximum Gasteiger partial charge on any atom is 0.108 e. The number of piperidine rings is 2. The molecule has 0 radical (unpaired) electrons. The number of morpholine rings is 1. The van der Waals surface area contributed by atoms with E-state index >= 15 is 0 Å². The summed E-state index contributed by atoms with van der Waals surface area (Å²) in [6.07, 6.45) is 3.30. The Balaban J connectivity index is 1.51. The molecule has 1 aromatic carbocycles. The molecule has 156 valence electrons. The van der Waals surface area contributed by atoms with Crippen LogP contribution in [0.15, 0.2) is 30.3 Å². The van der Waals surface area contributed by atoms with Gasteiger partial charge in [0.2, 0.25) is 0 Å². The Hall–Kier alpha value is -0.980. The predicted octanol–water partition coefficient (Wildman–Crippen LogP) is 2.15. The van der Waals surface area contributed by atoms with Gasteiger partial charge in [0.05, 0.1) is 19.3 Å². The fourth-order valence-electron chi connectivity index (χ4n) is 5.41. The van der Waals surface area contributed by atoms with Crippen molar-refractivity contribution in [1.82, 2.24) is 14.7 Å². The second-order valence-corrected chi connectivity index (χ2v) is 9.06. The van der Waals surface area contributed by atoms with Crippen LogP contribution in [0.3, 0.4) is 0 Å². The first kappa shape index (κ1) is 20.3. The maximum absolute atomic E-state index is 11.9. The van der Waals surface area contributed by atoms with Crippen LogP contribution < -0.4 is 0 Å². The predicted molar refractivity (Wildman–Crippen MR) is 112 cm³/mol. The van der Waals surface area contributed by atoms with E-state index in [1.165, 1.54) is 25.9 Å².